The topological polar surface area (TPSA) is 0 Å². The molecule has 1 aliphatic carbocycles. The smallest absolute Gasteiger partial charge is 0.0464 e. The first kappa shape index (κ1) is 21.4. The van der Waals surface area contributed by atoms with Crippen LogP contribution < -0.4 is 0 Å². The Kier molecular flexibility index (Phi) is 6.48. The summed E-state index contributed by atoms with van der Waals surface area (Å²) in [4.78, 5) is 0. The van der Waals surface area contributed by atoms with Crippen molar-refractivity contribution in [2.24, 2.45) is 0 Å². The molecular formula is C29H33Br. The fourth-order valence-corrected chi connectivity index (χ4v) is 5.66. The highest BCUT2D eigenvalue weighted by Crippen LogP contribution is 2.55. The summed E-state index contributed by atoms with van der Waals surface area (Å²) >= 11 is 3.77. The van der Waals surface area contributed by atoms with Gasteiger partial charge in [0.15, 0.2) is 0 Å². The van der Waals surface area contributed by atoms with Gasteiger partial charge in [0, 0.05) is 9.89 Å². The fraction of sp³-hybridized carbons (Fsp3) is 0.379. The van der Waals surface area contributed by atoms with Gasteiger partial charge in [-0.1, -0.05) is 121 Å². The third-order valence-corrected chi connectivity index (χ3v) is 7.28. The van der Waals surface area contributed by atoms with Crippen LogP contribution in [0.1, 0.15) is 79.7 Å². The molecule has 1 atom stereocenters. The number of fused-ring (bicyclic) bond motifs is 3. The minimum Gasteiger partial charge on any atom is -0.0654 e. The molecule has 30 heavy (non-hydrogen) atoms. The summed E-state index contributed by atoms with van der Waals surface area (Å²) < 4.78 is 1.17. The van der Waals surface area contributed by atoms with E-state index in [-0.39, 0.29) is 5.41 Å². The quantitative estimate of drug-likeness (QED) is 0.293. The number of halogens is 1. The Morgan fingerprint density at radius 2 is 1.37 bits per heavy atom. The Morgan fingerprint density at radius 3 is 2.13 bits per heavy atom. The van der Waals surface area contributed by atoms with Crippen molar-refractivity contribution in [3.8, 4) is 11.1 Å². The first-order valence-corrected chi connectivity index (χ1v) is 12.3. The van der Waals surface area contributed by atoms with Crippen molar-refractivity contribution in [1.29, 1.82) is 0 Å². The van der Waals surface area contributed by atoms with Crippen molar-refractivity contribution in [3.05, 3.63) is 93.0 Å². The zero-order chi connectivity index (χ0) is 21.1. The summed E-state index contributed by atoms with van der Waals surface area (Å²) in [6, 6.07) is 23.2. The molecule has 0 saturated heterocycles. The predicted octanol–water partition coefficient (Wildman–Crippen LogP) is 9.13. The predicted molar refractivity (Wildman–Crippen MR) is 133 cm³/mol. The Bertz CT molecular complexity index is 979. The van der Waals surface area contributed by atoms with Gasteiger partial charge in [-0.2, -0.15) is 0 Å². The van der Waals surface area contributed by atoms with E-state index < -0.39 is 0 Å². The van der Waals surface area contributed by atoms with Gasteiger partial charge < -0.3 is 0 Å². The number of unbranched alkanes of at least 4 members (excludes halogenated alkanes) is 5. The van der Waals surface area contributed by atoms with Crippen molar-refractivity contribution in [3.63, 3.8) is 0 Å². The summed E-state index contributed by atoms with van der Waals surface area (Å²) in [6.07, 6.45) is 9.13. The lowest BCUT2D eigenvalue weighted by molar-refractivity contribution is 0.506. The van der Waals surface area contributed by atoms with E-state index >= 15 is 0 Å². The van der Waals surface area contributed by atoms with Crippen molar-refractivity contribution < 1.29 is 0 Å². The van der Waals surface area contributed by atoms with Crippen molar-refractivity contribution in [2.75, 3.05) is 0 Å². The van der Waals surface area contributed by atoms with E-state index in [1.165, 1.54) is 88.4 Å². The largest absolute Gasteiger partial charge is 0.0654 e. The first-order valence-electron chi connectivity index (χ1n) is 11.5. The Balaban J connectivity index is 1.84. The molecule has 0 aliphatic heterocycles. The van der Waals surface area contributed by atoms with Crippen molar-refractivity contribution >= 4 is 15.9 Å². The number of benzene rings is 3. The average molecular weight is 461 g/mol. The van der Waals surface area contributed by atoms with Crippen LogP contribution in [0.4, 0.5) is 0 Å². The van der Waals surface area contributed by atoms with Crippen LogP contribution in [0, 0.1) is 13.8 Å². The van der Waals surface area contributed by atoms with E-state index in [9.17, 15) is 0 Å². The van der Waals surface area contributed by atoms with Crippen molar-refractivity contribution in [2.45, 2.75) is 71.1 Å². The molecule has 0 fully saturated rings. The number of rotatable bonds is 8. The second-order valence-electron chi connectivity index (χ2n) is 9.03. The number of hydrogen-bond acceptors (Lipinski definition) is 0. The Hall–Kier alpha value is -1.86. The summed E-state index contributed by atoms with van der Waals surface area (Å²) in [7, 11) is 0. The molecule has 0 bridgehead atoms. The van der Waals surface area contributed by atoms with Crippen LogP contribution in [0.15, 0.2) is 65.1 Å². The van der Waals surface area contributed by atoms with E-state index in [1.54, 1.807) is 0 Å². The minimum atomic E-state index is -0.0583. The molecule has 156 valence electrons. The maximum Gasteiger partial charge on any atom is 0.0464 e. The first-order chi connectivity index (χ1) is 14.6. The van der Waals surface area contributed by atoms with Gasteiger partial charge in [0.05, 0.1) is 0 Å². The lowest BCUT2D eigenvalue weighted by Crippen LogP contribution is -2.27. The molecule has 1 aliphatic rings. The molecule has 4 rings (SSSR count). The van der Waals surface area contributed by atoms with Crippen LogP contribution in [0.2, 0.25) is 0 Å². The van der Waals surface area contributed by atoms with E-state index in [0.717, 1.165) is 0 Å². The van der Waals surface area contributed by atoms with Crippen LogP contribution in [0.25, 0.3) is 11.1 Å². The number of aryl methyl sites for hydroxylation is 2. The molecule has 1 unspecified atom stereocenters. The molecular weight excluding hydrogens is 428 g/mol. The zero-order valence-electron chi connectivity index (χ0n) is 18.6. The third kappa shape index (κ3) is 3.89. The zero-order valence-corrected chi connectivity index (χ0v) is 20.2. The summed E-state index contributed by atoms with van der Waals surface area (Å²) in [5.41, 5.74) is 9.85. The van der Waals surface area contributed by atoms with Crippen LogP contribution in [-0.2, 0) is 5.41 Å². The van der Waals surface area contributed by atoms with Gasteiger partial charge in [-0.05, 0) is 60.2 Å². The molecule has 0 heterocycles. The molecule has 3 aromatic rings. The van der Waals surface area contributed by atoms with Gasteiger partial charge in [0.1, 0.15) is 0 Å². The Morgan fingerprint density at radius 1 is 0.700 bits per heavy atom. The van der Waals surface area contributed by atoms with Gasteiger partial charge in [-0.25, -0.2) is 0 Å². The highest BCUT2D eigenvalue weighted by molar-refractivity contribution is 9.10. The highest BCUT2D eigenvalue weighted by Gasteiger charge is 2.44. The van der Waals surface area contributed by atoms with Gasteiger partial charge in [-0.15, -0.1) is 0 Å². The number of hydrogen-bond donors (Lipinski definition) is 0. The summed E-state index contributed by atoms with van der Waals surface area (Å²) in [5, 5.41) is 0. The summed E-state index contributed by atoms with van der Waals surface area (Å²) in [6.45, 7) is 6.74. The van der Waals surface area contributed by atoms with Crippen LogP contribution in [-0.4, -0.2) is 0 Å². The molecule has 3 aromatic carbocycles. The van der Waals surface area contributed by atoms with E-state index in [2.05, 4.69) is 97.4 Å². The molecule has 0 saturated carbocycles. The van der Waals surface area contributed by atoms with Gasteiger partial charge in [0.25, 0.3) is 0 Å². The monoisotopic (exact) mass is 460 g/mol. The SMILES string of the molecule is CCCCCCCCC1(c2cccc(C)c2)c2cc(C)ccc2-c2ccc(Br)cc21. The van der Waals surface area contributed by atoms with E-state index in [1.807, 2.05) is 0 Å². The Labute approximate surface area is 190 Å². The van der Waals surface area contributed by atoms with Crippen LogP contribution in [0.3, 0.4) is 0 Å². The van der Waals surface area contributed by atoms with Gasteiger partial charge in [-0.3, -0.25) is 0 Å². The lowest BCUT2D eigenvalue weighted by Gasteiger charge is -2.34. The fourth-order valence-electron chi connectivity index (χ4n) is 5.30. The molecule has 0 N–H and O–H groups in total. The normalized spacial score (nSPS) is 17.1. The molecule has 0 aromatic heterocycles. The minimum absolute atomic E-state index is 0.0583. The maximum absolute atomic E-state index is 3.77. The second kappa shape index (κ2) is 9.10. The molecule has 0 spiro atoms. The standard InChI is InChI=1S/C29H33Br/c1-4-5-6-7-8-9-17-29(23-12-10-11-21(2)18-23)27-19-22(3)13-15-25(27)26-16-14-24(30)20-28(26)29/h10-16,18-20H,4-9,17H2,1-3H3. The average Bonchev–Trinajstić information content (AvgIpc) is 3.00. The molecule has 0 nitrogen and oxygen atoms in total. The van der Waals surface area contributed by atoms with E-state index in [4.69, 9.17) is 0 Å². The van der Waals surface area contributed by atoms with Crippen LogP contribution in [0.5, 0.6) is 0 Å². The summed E-state index contributed by atoms with van der Waals surface area (Å²) in [5.74, 6) is 0. The third-order valence-electron chi connectivity index (χ3n) is 6.78. The van der Waals surface area contributed by atoms with Gasteiger partial charge >= 0.3 is 0 Å². The van der Waals surface area contributed by atoms with Crippen molar-refractivity contribution in [1.82, 2.24) is 0 Å². The molecule has 0 amide bonds. The molecule has 0 radical (unpaired) electrons. The van der Waals surface area contributed by atoms with Gasteiger partial charge in [0.2, 0.25) is 0 Å². The lowest BCUT2D eigenvalue weighted by atomic mass is 9.68. The molecule has 1 heteroatoms. The van der Waals surface area contributed by atoms with Crippen LogP contribution >= 0.6 is 15.9 Å². The highest BCUT2D eigenvalue weighted by atomic mass is 79.9. The van der Waals surface area contributed by atoms with E-state index in [0.29, 0.717) is 0 Å². The maximum atomic E-state index is 3.77. The second-order valence-corrected chi connectivity index (χ2v) is 9.95.